The average Bonchev–Trinajstić information content (AvgIpc) is 3.05. The monoisotopic (exact) mass is 377 g/mol. The summed E-state index contributed by atoms with van der Waals surface area (Å²) in [5.74, 6) is 0. The van der Waals surface area contributed by atoms with Crippen molar-refractivity contribution in [1.82, 2.24) is 5.32 Å². The van der Waals surface area contributed by atoms with Gasteiger partial charge in [-0.15, -0.1) is 0 Å². The van der Waals surface area contributed by atoms with E-state index in [1.165, 1.54) is 66.3 Å². The van der Waals surface area contributed by atoms with E-state index >= 15 is 0 Å². The minimum absolute atomic E-state index is 1.22. The quantitative estimate of drug-likeness (QED) is 0.468. The molecule has 2 aliphatic carbocycles. The Kier molecular flexibility index (Phi) is 5.04. The van der Waals surface area contributed by atoms with E-state index in [0.29, 0.717) is 0 Å². The van der Waals surface area contributed by atoms with Gasteiger partial charge in [0.2, 0.25) is 0 Å². The maximum atomic E-state index is 3.03. The second-order valence-electron chi connectivity index (χ2n) is 8.06. The summed E-state index contributed by atoms with van der Waals surface area (Å²) in [6.07, 6.45) is 15.8. The lowest BCUT2D eigenvalue weighted by Gasteiger charge is -2.26. The largest absolute Gasteiger partial charge is 0.368 e. The summed E-state index contributed by atoms with van der Waals surface area (Å²) >= 11 is 0. The van der Waals surface area contributed by atoms with E-state index in [9.17, 15) is 0 Å². The first-order chi connectivity index (χ1) is 14.4. The Hall–Kier alpha value is -3.06. The van der Waals surface area contributed by atoms with Gasteiger partial charge in [0.1, 0.15) is 0 Å². The van der Waals surface area contributed by atoms with Gasteiger partial charge in [-0.25, -0.2) is 0 Å². The Bertz CT molecular complexity index is 1060. The molecule has 0 bridgehead atoms. The lowest BCUT2D eigenvalue weighted by Crippen LogP contribution is -2.12. The van der Waals surface area contributed by atoms with Gasteiger partial charge in [0.25, 0.3) is 0 Å². The molecule has 0 saturated heterocycles. The summed E-state index contributed by atoms with van der Waals surface area (Å²) in [6, 6.07) is 22.0. The summed E-state index contributed by atoms with van der Waals surface area (Å²) in [4.78, 5) is 0. The van der Waals surface area contributed by atoms with Crippen LogP contribution >= 0.6 is 0 Å². The molecule has 0 spiro atoms. The number of hydrogen-bond acceptors (Lipinski definition) is 1. The normalized spacial score (nSPS) is 15.4. The summed E-state index contributed by atoms with van der Waals surface area (Å²) in [6.45, 7) is 0. The second kappa shape index (κ2) is 8.13. The molecule has 1 nitrogen and oxygen atoms in total. The van der Waals surface area contributed by atoms with Crippen molar-refractivity contribution in [2.75, 3.05) is 0 Å². The van der Waals surface area contributed by atoms with Gasteiger partial charge in [-0.1, -0.05) is 60.7 Å². The summed E-state index contributed by atoms with van der Waals surface area (Å²) in [7, 11) is 0. The van der Waals surface area contributed by atoms with E-state index in [1.807, 2.05) is 24.5 Å². The summed E-state index contributed by atoms with van der Waals surface area (Å²) < 4.78 is 0. The molecule has 1 heterocycles. The van der Waals surface area contributed by atoms with Crippen LogP contribution in [0.4, 0.5) is 0 Å². The van der Waals surface area contributed by atoms with Gasteiger partial charge in [0.15, 0.2) is 0 Å². The topological polar surface area (TPSA) is 12.0 Å². The first-order valence-electron chi connectivity index (χ1n) is 10.8. The Morgan fingerprint density at radius 3 is 2.07 bits per heavy atom. The van der Waals surface area contributed by atoms with Crippen molar-refractivity contribution in [3.8, 4) is 11.1 Å². The third-order valence-electron chi connectivity index (χ3n) is 6.32. The number of fused-ring (bicyclic) bond motifs is 6. The van der Waals surface area contributed by atoms with Crippen LogP contribution < -0.4 is 5.32 Å². The fraction of sp³-hybridized carbons (Fsp3) is 0.214. The molecule has 144 valence electrons. The number of benzene rings is 3. The number of aryl methyl sites for hydroxylation is 2. The highest BCUT2D eigenvalue weighted by Crippen LogP contribution is 2.38. The molecule has 3 aromatic carbocycles. The van der Waals surface area contributed by atoms with E-state index in [4.69, 9.17) is 0 Å². The van der Waals surface area contributed by atoms with E-state index < -0.39 is 0 Å². The van der Waals surface area contributed by atoms with Gasteiger partial charge >= 0.3 is 0 Å². The van der Waals surface area contributed by atoms with E-state index in [0.717, 1.165) is 0 Å². The molecule has 0 amide bonds. The minimum atomic E-state index is 1.22. The van der Waals surface area contributed by atoms with Crippen LogP contribution in [-0.2, 0) is 25.7 Å². The zero-order valence-electron chi connectivity index (χ0n) is 16.8. The highest BCUT2D eigenvalue weighted by Gasteiger charge is 2.21. The van der Waals surface area contributed by atoms with Crippen LogP contribution in [0.3, 0.4) is 0 Å². The number of nitrogens with one attached hydrogen (secondary N) is 1. The van der Waals surface area contributed by atoms with Crippen molar-refractivity contribution in [1.29, 1.82) is 0 Å². The van der Waals surface area contributed by atoms with Gasteiger partial charge in [-0.2, -0.15) is 0 Å². The molecular weight excluding hydrogens is 350 g/mol. The highest BCUT2D eigenvalue weighted by molar-refractivity contribution is 5.75. The molecule has 3 aromatic rings. The Labute approximate surface area is 173 Å². The molecule has 0 radical (unpaired) electrons. The van der Waals surface area contributed by atoms with Gasteiger partial charge in [0, 0.05) is 12.4 Å². The van der Waals surface area contributed by atoms with Crippen molar-refractivity contribution >= 4 is 12.2 Å². The van der Waals surface area contributed by atoms with Crippen LogP contribution in [0.25, 0.3) is 23.3 Å². The fourth-order valence-corrected chi connectivity index (χ4v) is 4.85. The Balaban J connectivity index is 0.000000142. The molecule has 1 heteroatoms. The summed E-state index contributed by atoms with van der Waals surface area (Å²) in [5, 5.41) is 3.03. The molecule has 6 rings (SSSR count). The Morgan fingerprint density at radius 2 is 1.24 bits per heavy atom. The third-order valence-corrected chi connectivity index (χ3v) is 6.32. The lowest BCUT2D eigenvalue weighted by molar-refractivity contribution is 0.676. The number of rotatable bonds is 0. The van der Waals surface area contributed by atoms with Crippen LogP contribution in [0.2, 0.25) is 0 Å². The standard InChI is InChI=1S/C18H18.C10H9N/c1-3-7-15-13(5-1)9-11-18-16-8-4-2-6-14(16)10-12-17(15)18;1-2-4-10-6-8-11-7-5-9(10)3-1/h1,3,5,7,10,12H,2,4,6,8-9,11H2;1-8,11H. The van der Waals surface area contributed by atoms with Gasteiger partial charge in [0.05, 0.1) is 0 Å². The molecule has 1 aliphatic heterocycles. The van der Waals surface area contributed by atoms with Gasteiger partial charge in [-0.05, 0) is 95.2 Å². The zero-order valence-corrected chi connectivity index (χ0v) is 16.8. The van der Waals surface area contributed by atoms with Crippen LogP contribution in [-0.4, -0.2) is 0 Å². The predicted molar refractivity (Wildman–Crippen MR) is 124 cm³/mol. The van der Waals surface area contributed by atoms with E-state index in [-0.39, 0.29) is 0 Å². The van der Waals surface area contributed by atoms with Crippen molar-refractivity contribution in [3.05, 3.63) is 106 Å². The first kappa shape index (κ1) is 18.0. The molecule has 0 fully saturated rings. The zero-order chi connectivity index (χ0) is 19.5. The maximum Gasteiger partial charge on any atom is 0.00106 e. The van der Waals surface area contributed by atoms with Crippen LogP contribution in [0.5, 0.6) is 0 Å². The van der Waals surface area contributed by atoms with Crippen molar-refractivity contribution in [2.24, 2.45) is 0 Å². The predicted octanol–water partition coefficient (Wildman–Crippen LogP) is 6.56. The SMILES string of the molecule is C1=Cc2ccccc2C=CN1.c1ccc2c(c1)CCc1c-2ccc2c1CCCC2. The van der Waals surface area contributed by atoms with Gasteiger partial charge < -0.3 is 5.32 Å². The number of hydrogen-bond donors (Lipinski definition) is 1. The van der Waals surface area contributed by atoms with Crippen LogP contribution in [0.15, 0.2) is 73.1 Å². The third kappa shape index (κ3) is 3.65. The van der Waals surface area contributed by atoms with E-state index in [2.05, 4.69) is 66.0 Å². The lowest BCUT2D eigenvalue weighted by atomic mass is 9.78. The molecule has 0 aromatic heterocycles. The molecule has 0 unspecified atom stereocenters. The van der Waals surface area contributed by atoms with Crippen LogP contribution in [0, 0.1) is 0 Å². The fourth-order valence-electron chi connectivity index (χ4n) is 4.85. The smallest absolute Gasteiger partial charge is 0.00106 e. The molecular formula is C28H27N. The minimum Gasteiger partial charge on any atom is -0.368 e. The van der Waals surface area contributed by atoms with Crippen molar-refractivity contribution in [2.45, 2.75) is 38.5 Å². The van der Waals surface area contributed by atoms with Crippen molar-refractivity contribution in [3.63, 3.8) is 0 Å². The molecule has 29 heavy (non-hydrogen) atoms. The maximum absolute atomic E-state index is 3.03. The van der Waals surface area contributed by atoms with Crippen LogP contribution in [0.1, 0.15) is 46.2 Å². The molecule has 3 aliphatic rings. The highest BCUT2D eigenvalue weighted by atomic mass is 14.8. The molecule has 0 atom stereocenters. The molecule has 0 saturated carbocycles. The van der Waals surface area contributed by atoms with E-state index in [1.54, 1.807) is 16.7 Å². The average molecular weight is 378 g/mol. The molecule has 1 N–H and O–H groups in total. The summed E-state index contributed by atoms with van der Waals surface area (Å²) in [5.41, 5.74) is 12.0. The second-order valence-corrected chi connectivity index (χ2v) is 8.06. The first-order valence-corrected chi connectivity index (χ1v) is 10.8. The Morgan fingerprint density at radius 1 is 0.517 bits per heavy atom. The van der Waals surface area contributed by atoms with Gasteiger partial charge in [-0.3, -0.25) is 0 Å². The van der Waals surface area contributed by atoms with Crippen molar-refractivity contribution < 1.29 is 0 Å².